The molecule has 0 N–H and O–H groups in total. The summed E-state index contributed by atoms with van der Waals surface area (Å²) >= 11 is 0. The maximum Gasteiger partial charge on any atom is 0.235 e. The third kappa shape index (κ3) is 11.3. The highest BCUT2D eigenvalue weighted by Gasteiger charge is 2.23. The van der Waals surface area contributed by atoms with Crippen molar-refractivity contribution < 1.29 is 0 Å². The van der Waals surface area contributed by atoms with Gasteiger partial charge >= 0.3 is 0 Å². The smallest absolute Gasteiger partial charge is 0.235 e. The summed E-state index contributed by atoms with van der Waals surface area (Å²) in [6, 6.07) is 143. The zero-order valence-corrected chi connectivity index (χ0v) is 60.8. The second kappa shape index (κ2) is 27.6. The molecule has 22 rings (SSSR count). The van der Waals surface area contributed by atoms with Crippen LogP contribution in [0.1, 0.15) is 0 Å². The quantitative estimate of drug-likeness (QED) is 0.122. The lowest BCUT2D eigenvalue weighted by Crippen LogP contribution is -2.02. The second-order valence-corrected chi connectivity index (χ2v) is 28.4. The van der Waals surface area contributed by atoms with Gasteiger partial charge in [-0.15, -0.1) is 0 Å². The number of hydrogen-bond donors (Lipinski definition) is 0. The van der Waals surface area contributed by atoms with Crippen LogP contribution in [-0.4, -0.2) is 38.2 Å². The number of nitrogens with zero attached hydrogens (tertiary/aromatic N) is 8. The average Bonchev–Trinajstić information content (AvgIpc) is 1.61. The van der Waals surface area contributed by atoms with Crippen LogP contribution >= 0.6 is 0 Å². The molecule has 8 nitrogen and oxygen atoms in total. The Morgan fingerprint density at radius 2 is 0.438 bits per heavy atom. The molecule has 0 saturated carbocycles. The molecule has 16 aromatic carbocycles. The minimum atomic E-state index is 0.641. The number of aromatic nitrogens is 8. The lowest BCUT2D eigenvalue weighted by atomic mass is 9.91. The topological polar surface area (TPSA) is 71.3 Å². The van der Waals surface area contributed by atoms with Crippen LogP contribution in [0.15, 0.2) is 413 Å². The van der Waals surface area contributed by atoms with Crippen molar-refractivity contribution in [2.75, 3.05) is 0 Å². The summed E-state index contributed by atoms with van der Waals surface area (Å²) in [7, 11) is 0. The molecule has 0 saturated heterocycles. The molecule has 112 heavy (non-hydrogen) atoms. The Morgan fingerprint density at radius 3 is 0.857 bits per heavy atom. The molecule has 524 valence electrons. The van der Waals surface area contributed by atoms with Gasteiger partial charge in [-0.2, -0.15) is 0 Å². The van der Waals surface area contributed by atoms with Crippen LogP contribution < -0.4 is 0 Å². The maximum absolute atomic E-state index is 5.29. The largest absolute Gasteiger partial charge is 0.309 e. The average molecular weight is 1430 g/mol. The second-order valence-electron chi connectivity index (χ2n) is 28.4. The highest BCUT2D eigenvalue weighted by atomic mass is 15.2. The molecule has 0 bridgehead atoms. The molecule has 0 aliphatic carbocycles. The van der Waals surface area contributed by atoms with E-state index in [1.165, 1.54) is 99.1 Å². The van der Waals surface area contributed by atoms with E-state index in [4.69, 9.17) is 19.9 Å². The van der Waals surface area contributed by atoms with Gasteiger partial charge < -0.3 is 9.13 Å². The van der Waals surface area contributed by atoms with E-state index in [1.54, 1.807) is 0 Å². The van der Waals surface area contributed by atoms with E-state index in [-0.39, 0.29) is 0 Å². The van der Waals surface area contributed by atoms with Crippen molar-refractivity contribution in [1.82, 2.24) is 38.2 Å². The van der Waals surface area contributed by atoms with Crippen molar-refractivity contribution in [2.45, 2.75) is 0 Å². The van der Waals surface area contributed by atoms with Gasteiger partial charge in [-0.05, 0) is 182 Å². The van der Waals surface area contributed by atoms with E-state index in [0.717, 1.165) is 88.8 Å². The number of rotatable bonds is 12. The molecular formula is C104H68N8. The van der Waals surface area contributed by atoms with Gasteiger partial charge in [-0.25, -0.2) is 19.9 Å². The van der Waals surface area contributed by atoms with E-state index in [2.05, 4.69) is 407 Å². The van der Waals surface area contributed by atoms with Crippen molar-refractivity contribution in [3.05, 3.63) is 413 Å². The Kier molecular flexibility index (Phi) is 16.1. The van der Waals surface area contributed by atoms with Crippen LogP contribution in [0.3, 0.4) is 0 Å². The molecule has 6 aromatic heterocycles. The van der Waals surface area contributed by atoms with Gasteiger partial charge in [0, 0.05) is 78.0 Å². The van der Waals surface area contributed by atoms with Gasteiger partial charge in [0.25, 0.3) is 0 Å². The molecule has 0 spiro atoms. The van der Waals surface area contributed by atoms with Crippen LogP contribution in [0, 0.1) is 0 Å². The summed E-state index contributed by atoms with van der Waals surface area (Å²) in [4.78, 5) is 20.3. The first-order chi connectivity index (χ1) is 55.6. The fourth-order valence-corrected chi connectivity index (χ4v) is 16.9. The molecule has 22 aromatic rings. The summed E-state index contributed by atoms with van der Waals surface area (Å²) in [6.45, 7) is 0. The standard InChI is InChI=1S/2C52H34N4/c1-3-14-35(15-4-1)36-16-13-17-39(32-36)41-20-7-8-21-42(41)47-30-31-53-52(54-47)56-49-25-12-10-23-44(49)46-34-38(27-29-51(46)56)37-26-28-50-45(33-37)43-22-9-11-24-48(43)55(50)40-18-5-2-6-19-40;1-3-15-35(16-4-1)39-19-7-8-20-40(39)41-21-9-10-22-42(41)47-31-32-53-52(54-47)56-49-26-14-12-24-44(49)46-34-37(28-30-51(46)56)36-27-29-50-45(33-36)43-23-11-13-25-48(43)55(50)38-17-5-2-6-18-38/h2*1-34H. The number of benzene rings is 16. The molecule has 8 heteroatoms. The van der Waals surface area contributed by atoms with Gasteiger partial charge in [0.1, 0.15) is 0 Å². The molecule has 0 fully saturated rings. The molecular weight excluding hydrogens is 1360 g/mol. The SMILES string of the molecule is c1ccc(-c2cccc(-c3ccccc3-c3ccnc(-n4c5ccccc5c5cc(-c6ccc7c(c6)c6ccccc6n7-c6ccccc6)ccc54)n3)c2)cc1.c1ccc(-c2ccccc2-c2ccccc2-c2ccnc(-n3c4ccccc4c4cc(-c5ccc6c(c5)c5ccccc5n6-c5ccccc5)ccc43)n2)cc1. The van der Waals surface area contributed by atoms with E-state index in [9.17, 15) is 0 Å². The predicted octanol–water partition coefficient (Wildman–Crippen LogP) is 26.7. The van der Waals surface area contributed by atoms with E-state index in [1.807, 2.05) is 24.5 Å². The summed E-state index contributed by atoms with van der Waals surface area (Å²) in [6.07, 6.45) is 3.76. The molecule has 0 amide bonds. The number of para-hydroxylation sites is 6. The minimum Gasteiger partial charge on any atom is -0.309 e. The third-order valence-corrected chi connectivity index (χ3v) is 22.1. The summed E-state index contributed by atoms with van der Waals surface area (Å²) < 4.78 is 9.13. The van der Waals surface area contributed by atoms with Crippen LogP contribution in [0.2, 0.25) is 0 Å². The molecule has 0 aliphatic rings. The third-order valence-electron chi connectivity index (χ3n) is 22.1. The summed E-state index contributed by atoms with van der Waals surface area (Å²) in [5.74, 6) is 1.28. The zero-order valence-electron chi connectivity index (χ0n) is 60.8. The van der Waals surface area contributed by atoms with E-state index >= 15 is 0 Å². The lowest BCUT2D eigenvalue weighted by molar-refractivity contribution is 0.992. The minimum absolute atomic E-state index is 0.641. The summed E-state index contributed by atoms with van der Waals surface area (Å²) in [5.41, 5.74) is 29.3. The van der Waals surface area contributed by atoms with Gasteiger partial charge in [0.05, 0.1) is 55.5 Å². The van der Waals surface area contributed by atoms with Gasteiger partial charge in [0.2, 0.25) is 11.9 Å². The molecule has 0 radical (unpaired) electrons. The Balaban J connectivity index is 0.000000141. The van der Waals surface area contributed by atoms with Crippen LogP contribution in [-0.2, 0) is 0 Å². The highest BCUT2D eigenvalue weighted by Crippen LogP contribution is 2.44. The van der Waals surface area contributed by atoms with Crippen molar-refractivity contribution in [1.29, 1.82) is 0 Å². The molecule has 0 atom stereocenters. The van der Waals surface area contributed by atoms with Crippen molar-refractivity contribution in [3.63, 3.8) is 0 Å². The molecule has 6 heterocycles. The molecule has 0 aliphatic heterocycles. The maximum atomic E-state index is 5.29. The normalized spacial score (nSPS) is 11.6. The van der Waals surface area contributed by atoms with Crippen molar-refractivity contribution >= 4 is 87.2 Å². The first-order valence-electron chi connectivity index (χ1n) is 38.0. The fourth-order valence-electron chi connectivity index (χ4n) is 16.9. The van der Waals surface area contributed by atoms with Crippen LogP contribution in [0.25, 0.3) is 200 Å². The Labute approximate surface area is 646 Å². The lowest BCUT2D eigenvalue weighted by Gasteiger charge is -2.15. The van der Waals surface area contributed by atoms with Gasteiger partial charge in [-0.1, -0.05) is 285 Å². The fraction of sp³-hybridized carbons (Fsp3) is 0. The van der Waals surface area contributed by atoms with Crippen LogP contribution in [0.5, 0.6) is 0 Å². The highest BCUT2D eigenvalue weighted by molar-refractivity contribution is 6.15. The number of hydrogen-bond acceptors (Lipinski definition) is 4. The Morgan fingerprint density at radius 1 is 0.161 bits per heavy atom. The van der Waals surface area contributed by atoms with Gasteiger partial charge in [-0.3, -0.25) is 9.13 Å². The Bertz CT molecular complexity index is 7380. The van der Waals surface area contributed by atoms with Crippen molar-refractivity contribution in [3.8, 4) is 113 Å². The Hall–Kier alpha value is -15.1. The van der Waals surface area contributed by atoms with E-state index in [0.29, 0.717) is 11.9 Å². The first kappa shape index (κ1) is 65.2. The zero-order chi connectivity index (χ0) is 74.0. The van der Waals surface area contributed by atoms with Crippen LogP contribution in [0.4, 0.5) is 0 Å². The molecule has 0 unspecified atom stereocenters. The van der Waals surface area contributed by atoms with Gasteiger partial charge in [0.15, 0.2) is 0 Å². The summed E-state index contributed by atoms with van der Waals surface area (Å²) in [5, 5.41) is 9.62. The predicted molar refractivity (Wildman–Crippen MR) is 465 cm³/mol. The van der Waals surface area contributed by atoms with E-state index < -0.39 is 0 Å². The number of fused-ring (bicyclic) bond motifs is 12. The monoisotopic (exact) mass is 1430 g/mol. The first-order valence-corrected chi connectivity index (χ1v) is 38.0. The van der Waals surface area contributed by atoms with Crippen molar-refractivity contribution in [2.24, 2.45) is 0 Å².